The number of hydrogen-bond acceptors (Lipinski definition) is 3. The molecule has 1 aliphatic heterocycles. The van der Waals surface area contributed by atoms with Crippen LogP contribution in [0, 0.1) is 5.92 Å². The molecule has 0 bridgehead atoms. The summed E-state index contributed by atoms with van der Waals surface area (Å²) in [5.74, 6) is 0.754. The molecule has 1 aromatic rings. The summed E-state index contributed by atoms with van der Waals surface area (Å²) in [6, 6.07) is 4.49. The van der Waals surface area contributed by atoms with Crippen LogP contribution in [0.5, 0.6) is 0 Å². The summed E-state index contributed by atoms with van der Waals surface area (Å²) in [6.07, 6.45) is -1.68. The average molecular weight is 326 g/mol. The number of benzene rings is 1. The minimum Gasteiger partial charge on any atom is -0.301 e. The molecule has 126 valence electrons. The van der Waals surface area contributed by atoms with Crippen molar-refractivity contribution in [3.05, 3.63) is 35.4 Å². The van der Waals surface area contributed by atoms with E-state index < -0.39 is 11.7 Å². The van der Waals surface area contributed by atoms with Crippen molar-refractivity contribution in [1.29, 1.82) is 0 Å². The minimum atomic E-state index is -4.36. The average Bonchev–Trinajstić information content (AvgIpc) is 3.32. The monoisotopic (exact) mass is 326 g/mol. The highest BCUT2D eigenvalue weighted by Gasteiger charge is 2.30. The van der Waals surface area contributed by atoms with Gasteiger partial charge in [-0.05, 0) is 30.9 Å². The van der Waals surface area contributed by atoms with Gasteiger partial charge in [-0.2, -0.15) is 13.2 Å². The van der Waals surface area contributed by atoms with Crippen molar-refractivity contribution >= 4 is 5.78 Å². The van der Waals surface area contributed by atoms with Gasteiger partial charge >= 0.3 is 6.18 Å². The molecule has 0 aromatic heterocycles. The van der Waals surface area contributed by atoms with Crippen LogP contribution in [-0.4, -0.2) is 54.9 Å². The van der Waals surface area contributed by atoms with Gasteiger partial charge < -0.3 is 4.90 Å². The summed E-state index contributed by atoms with van der Waals surface area (Å²) in [6.45, 7) is 5.08. The predicted octanol–water partition coefficient (Wildman–Crippen LogP) is 2.92. The number of piperazine rings is 1. The van der Waals surface area contributed by atoms with E-state index >= 15 is 0 Å². The van der Waals surface area contributed by atoms with E-state index in [1.807, 2.05) is 0 Å². The Labute approximate surface area is 134 Å². The summed E-state index contributed by atoms with van der Waals surface area (Å²) in [5, 5.41) is 0. The number of hydrogen-bond donors (Lipinski definition) is 0. The van der Waals surface area contributed by atoms with Crippen molar-refractivity contribution in [2.45, 2.75) is 19.0 Å². The number of halogens is 3. The topological polar surface area (TPSA) is 23.6 Å². The first kappa shape index (κ1) is 16.5. The van der Waals surface area contributed by atoms with E-state index in [4.69, 9.17) is 0 Å². The number of nitrogens with zero attached hydrogens (tertiary/aromatic N) is 2. The number of ketones is 1. The van der Waals surface area contributed by atoms with E-state index in [9.17, 15) is 18.0 Å². The second-order valence-corrected chi connectivity index (χ2v) is 6.52. The maximum Gasteiger partial charge on any atom is 0.416 e. The van der Waals surface area contributed by atoms with Crippen LogP contribution in [0.1, 0.15) is 28.8 Å². The summed E-state index contributed by atoms with van der Waals surface area (Å²) in [7, 11) is 0. The largest absolute Gasteiger partial charge is 0.416 e. The predicted molar refractivity (Wildman–Crippen MR) is 81.4 cm³/mol. The van der Waals surface area contributed by atoms with Gasteiger partial charge in [0.2, 0.25) is 0 Å². The van der Waals surface area contributed by atoms with Gasteiger partial charge in [0.15, 0.2) is 5.78 Å². The Balaban J connectivity index is 1.49. The fraction of sp³-hybridized carbons (Fsp3) is 0.588. The number of rotatable bonds is 5. The fourth-order valence-electron chi connectivity index (χ4n) is 2.94. The molecule has 6 heteroatoms. The molecule has 0 N–H and O–H groups in total. The van der Waals surface area contributed by atoms with E-state index in [1.54, 1.807) is 0 Å². The smallest absolute Gasteiger partial charge is 0.301 e. The summed E-state index contributed by atoms with van der Waals surface area (Å²) in [4.78, 5) is 16.7. The van der Waals surface area contributed by atoms with Gasteiger partial charge in [-0.25, -0.2) is 0 Å². The van der Waals surface area contributed by atoms with Crippen molar-refractivity contribution in [1.82, 2.24) is 9.80 Å². The van der Waals surface area contributed by atoms with Gasteiger partial charge in [0.25, 0.3) is 0 Å². The zero-order chi connectivity index (χ0) is 16.4. The first-order chi connectivity index (χ1) is 10.9. The molecule has 23 heavy (non-hydrogen) atoms. The third kappa shape index (κ3) is 4.54. The number of Topliss-reactive ketones (excluding diaryl/α,β-unsaturated/α-hetero) is 1. The van der Waals surface area contributed by atoms with Gasteiger partial charge in [0.05, 0.1) is 12.1 Å². The fourth-order valence-corrected chi connectivity index (χ4v) is 2.94. The van der Waals surface area contributed by atoms with Gasteiger partial charge in [-0.15, -0.1) is 0 Å². The first-order valence-corrected chi connectivity index (χ1v) is 8.07. The standard InChI is InChI=1S/C17H21F3N2O/c18-17(19,20)15-5-3-14(4-6-15)16(23)12-22-9-7-21(8-10-22)11-13-1-2-13/h3-6,13H,1-2,7-12H2. The number of carbonyl (C=O) groups is 1. The molecule has 3 nitrogen and oxygen atoms in total. The molecule has 0 spiro atoms. The molecular weight excluding hydrogens is 305 g/mol. The van der Waals surface area contributed by atoms with E-state index in [2.05, 4.69) is 9.80 Å². The van der Waals surface area contributed by atoms with Crippen LogP contribution in [0.4, 0.5) is 13.2 Å². The zero-order valence-corrected chi connectivity index (χ0v) is 13.0. The van der Waals surface area contributed by atoms with Crippen LogP contribution in [0.2, 0.25) is 0 Å². The summed E-state index contributed by atoms with van der Waals surface area (Å²) >= 11 is 0. The molecule has 0 unspecified atom stereocenters. The van der Waals surface area contributed by atoms with Crippen LogP contribution in [0.3, 0.4) is 0 Å². The second-order valence-electron chi connectivity index (χ2n) is 6.52. The lowest BCUT2D eigenvalue weighted by molar-refractivity contribution is -0.137. The van der Waals surface area contributed by atoms with E-state index in [0.717, 1.165) is 44.2 Å². The zero-order valence-electron chi connectivity index (χ0n) is 13.0. The quantitative estimate of drug-likeness (QED) is 0.778. The van der Waals surface area contributed by atoms with Crippen molar-refractivity contribution in [3.63, 3.8) is 0 Å². The molecular formula is C17H21F3N2O. The molecule has 2 aliphatic rings. The maximum atomic E-state index is 12.5. The molecule has 1 aromatic carbocycles. The molecule has 0 radical (unpaired) electrons. The Kier molecular flexibility index (Phi) is 4.73. The Morgan fingerprint density at radius 3 is 2.09 bits per heavy atom. The van der Waals surface area contributed by atoms with E-state index in [1.165, 1.54) is 31.5 Å². The van der Waals surface area contributed by atoms with Crippen LogP contribution in [0.15, 0.2) is 24.3 Å². The lowest BCUT2D eigenvalue weighted by Crippen LogP contribution is -2.48. The lowest BCUT2D eigenvalue weighted by Gasteiger charge is -2.34. The third-order valence-corrected chi connectivity index (χ3v) is 4.58. The molecule has 0 amide bonds. The van der Waals surface area contributed by atoms with Gasteiger partial charge in [-0.1, -0.05) is 12.1 Å². The highest BCUT2D eigenvalue weighted by molar-refractivity contribution is 5.97. The van der Waals surface area contributed by atoms with Gasteiger partial charge in [0, 0.05) is 38.3 Å². The van der Waals surface area contributed by atoms with Crippen molar-refractivity contribution in [2.75, 3.05) is 39.3 Å². The first-order valence-electron chi connectivity index (χ1n) is 8.07. The molecule has 3 rings (SSSR count). The minimum absolute atomic E-state index is 0.116. The lowest BCUT2D eigenvalue weighted by atomic mass is 10.1. The maximum absolute atomic E-state index is 12.5. The molecule has 2 fully saturated rings. The number of alkyl halides is 3. The Morgan fingerprint density at radius 1 is 1.00 bits per heavy atom. The molecule has 0 atom stereocenters. The van der Waals surface area contributed by atoms with Crippen molar-refractivity contribution < 1.29 is 18.0 Å². The third-order valence-electron chi connectivity index (χ3n) is 4.58. The van der Waals surface area contributed by atoms with E-state index in [-0.39, 0.29) is 12.3 Å². The normalized spacial score (nSPS) is 20.7. The van der Waals surface area contributed by atoms with Crippen molar-refractivity contribution in [2.24, 2.45) is 5.92 Å². The molecule has 1 saturated carbocycles. The highest BCUT2D eigenvalue weighted by Crippen LogP contribution is 2.30. The van der Waals surface area contributed by atoms with Crippen LogP contribution in [-0.2, 0) is 6.18 Å². The summed E-state index contributed by atoms with van der Waals surface area (Å²) < 4.78 is 37.6. The Bertz CT molecular complexity index is 544. The van der Waals surface area contributed by atoms with Gasteiger partial charge in [0.1, 0.15) is 0 Å². The van der Waals surface area contributed by atoms with Crippen LogP contribution in [0.25, 0.3) is 0 Å². The number of carbonyl (C=O) groups excluding carboxylic acids is 1. The van der Waals surface area contributed by atoms with Gasteiger partial charge in [-0.3, -0.25) is 9.69 Å². The Hall–Kier alpha value is -1.40. The summed E-state index contributed by atoms with van der Waals surface area (Å²) in [5.41, 5.74) is -0.374. The second kappa shape index (κ2) is 6.61. The molecule has 1 aliphatic carbocycles. The van der Waals surface area contributed by atoms with Crippen LogP contribution < -0.4 is 0 Å². The van der Waals surface area contributed by atoms with Crippen molar-refractivity contribution in [3.8, 4) is 0 Å². The van der Waals surface area contributed by atoms with Crippen LogP contribution >= 0.6 is 0 Å². The Morgan fingerprint density at radius 2 is 1.57 bits per heavy atom. The van der Waals surface area contributed by atoms with E-state index in [0.29, 0.717) is 5.56 Å². The SMILES string of the molecule is O=C(CN1CCN(CC2CC2)CC1)c1ccc(C(F)(F)F)cc1. The molecule has 1 saturated heterocycles. The highest BCUT2D eigenvalue weighted by atomic mass is 19.4. The molecule has 1 heterocycles.